The van der Waals surface area contributed by atoms with Gasteiger partial charge in [0.15, 0.2) is 0 Å². The monoisotopic (exact) mass is 116 g/mol. The van der Waals surface area contributed by atoms with Crippen LogP contribution in [0.15, 0.2) is 0 Å². The smallest absolute Gasteiger partial charge is 0.383 e. The molecule has 0 aromatic rings. The predicted molar refractivity (Wildman–Crippen MR) is 25.4 cm³/mol. The lowest BCUT2D eigenvalue weighted by atomic mass is 10.4. The summed E-state index contributed by atoms with van der Waals surface area (Å²) in [4.78, 5) is 19.4. The fourth-order valence-corrected chi connectivity index (χ4v) is 0.134. The fourth-order valence-electron chi connectivity index (χ4n) is 0.134. The molecule has 4 heteroatoms. The van der Waals surface area contributed by atoms with Gasteiger partial charge in [0.25, 0.3) is 0 Å². The van der Waals surface area contributed by atoms with Crippen LogP contribution in [0.3, 0.4) is 0 Å². The highest BCUT2D eigenvalue weighted by Crippen LogP contribution is 1.77. The van der Waals surface area contributed by atoms with E-state index in [-0.39, 0.29) is 0 Å². The van der Waals surface area contributed by atoms with Crippen LogP contribution in [0.25, 0.3) is 0 Å². The maximum atomic E-state index is 10.1. The Morgan fingerprint density at radius 1 is 1.88 bits per heavy atom. The summed E-state index contributed by atoms with van der Waals surface area (Å²) < 4.78 is 3.73. The largest absolute Gasteiger partial charge is 0.425 e. The first kappa shape index (κ1) is 7.10. The highest BCUT2D eigenvalue weighted by Gasteiger charge is 2.06. The van der Waals surface area contributed by atoms with Crippen molar-refractivity contribution in [2.24, 2.45) is 5.73 Å². The summed E-state index contributed by atoms with van der Waals surface area (Å²) in [6, 6.07) is -0.753. The summed E-state index contributed by atoms with van der Waals surface area (Å²) in [6.07, 6.45) is 0. The van der Waals surface area contributed by atoms with Crippen molar-refractivity contribution in [2.45, 2.75) is 13.0 Å². The van der Waals surface area contributed by atoms with Crippen molar-refractivity contribution in [2.75, 3.05) is 0 Å². The van der Waals surface area contributed by atoms with Crippen LogP contribution in [-0.2, 0) is 14.3 Å². The Hall–Kier alpha value is -0.900. The second-order valence-electron chi connectivity index (χ2n) is 1.29. The number of esters is 1. The second-order valence-corrected chi connectivity index (χ2v) is 1.29. The Morgan fingerprint density at radius 3 is 2.50 bits per heavy atom. The van der Waals surface area contributed by atoms with E-state index in [0.717, 1.165) is 6.47 Å². The highest BCUT2D eigenvalue weighted by molar-refractivity contribution is 5.80. The standard InChI is InChI=1S/C4H6NO3/c1-3(5)4(7)8-2-6/h3H,5H2,1H3/t3-/m1/s1. The number of rotatable bonds is 2. The van der Waals surface area contributed by atoms with Crippen molar-refractivity contribution in [3.05, 3.63) is 0 Å². The zero-order chi connectivity index (χ0) is 6.57. The second kappa shape index (κ2) is 3.15. The normalized spacial score (nSPS) is 12.2. The molecule has 1 radical (unpaired) electrons. The van der Waals surface area contributed by atoms with Crippen molar-refractivity contribution in [3.8, 4) is 0 Å². The van der Waals surface area contributed by atoms with Gasteiger partial charge in [-0.15, -0.1) is 0 Å². The minimum Gasteiger partial charge on any atom is -0.383 e. The molecule has 0 aliphatic heterocycles. The number of carbonyl (C=O) groups excluding carboxylic acids is 2. The van der Waals surface area contributed by atoms with Gasteiger partial charge < -0.3 is 10.5 Å². The lowest BCUT2D eigenvalue weighted by Gasteiger charge is -1.96. The van der Waals surface area contributed by atoms with Crippen molar-refractivity contribution in [1.82, 2.24) is 0 Å². The van der Waals surface area contributed by atoms with E-state index in [4.69, 9.17) is 5.73 Å². The molecule has 0 aliphatic carbocycles. The molecule has 0 saturated heterocycles. The van der Waals surface area contributed by atoms with E-state index in [1.807, 2.05) is 0 Å². The van der Waals surface area contributed by atoms with Gasteiger partial charge in [0, 0.05) is 0 Å². The van der Waals surface area contributed by atoms with Crippen LogP contribution in [-0.4, -0.2) is 18.5 Å². The summed E-state index contributed by atoms with van der Waals surface area (Å²) in [5, 5.41) is 0. The Bertz CT molecular complexity index is 99.5. The van der Waals surface area contributed by atoms with Gasteiger partial charge in [0.05, 0.1) is 0 Å². The molecule has 0 aromatic carbocycles. The van der Waals surface area contributed by atoms with Crippen LogP contribution in [0, 0.1) is 0 Å². The summed E-state index contributed by atoms with van der Waals surface area (Å²) in [7, 11) is 0. The van der Waals surface area contributed by atoms with E-state index < -0.39 is 12.0 Å². The summed E-state index contributed by atoms with van der Waals surface area (Å²) >= 11 is 0. The molecule has 0 heterocycles. The Labute approximate surface area is 46.6 Å². The fraction of sp³-hybridized carbons (Fsp3) is 0.500. The molecule has 0 saturated carbocycles. The molecule has 0 unspecified atom stereocenters. The van der Waals surface area contributed by atoms with Gasteiger partial charge in [-0.05, 0) is 6.92 Å². The summed E-state index contributed by atoms with van der Waals surface area (Å²) in [5.41, 5.74) is 4.97. The van der Waals surface area contributed by atoms with Crippen molar-refractivity contribution < 1.29 is 14.3 Å². The number of hydrogen-bond donors (Lipinski definition) is 1. The first-order valence-corrected chi connectivity index (χ1v) is 2.02. The van der Waals surface area contributed by atoms with Gasteiger partial charge >= 0.3 is 12.4 Å². The third-order valence-corrected chi connectivity index (χ3v) is 0.514. The molecule has 0 rings (SSSR count). The molecular weight excluding hydrogens is 110 g/mol. The first-order valence-electron chi connectivity index (χ1n) is 2.02. The van der Waals surface area contributed by atoms with Crippen molar-refractivity contribution >= 4 is 12.4 Å². The molecule has 0 aromatic heterocycles. The van der Waals surface area contributed by atoms with E-state index in [9.17, 15) is 9.59 Å². The quantitative estimate of drug-likeness (QED) is 0.369. The molecule has 2 N–H and O–H groups in total. The van der Waals surface area contributed by atoms with Crippen molar-refractivity contribution in [3.63, 3.8) is 0 Å². The lowest BCUT2D eigenvalue weighted by molar-refractivity contribution is -0.136. The van der Waals surface area contributed by atoms with Crippen LogP contribution >= 0.6 is 0 Å². The molecule has 0 amide bonds. The third-order valence-electron chi connectivity index (χ3n) is 0.514. The van der Waals surface area contributed by atoms with Crippen LogP contribution in [0.5, 0.6) is 0 Å². The number of hydrogen-bond acceptors (Lipinski definition) is 4. The highest BCUT2D eigenvalue weighted by atomic mass is 16.6. The molecule has 0 aliphatic rings. The van der Waals surface area contributed by atoms with Gasteiger partial charge in [-0.3, -0.25) is 0 Å². The summed E-state index contributed by atoms with van der Waals surface area (Å²) in [6.45, 7) is 2.39. The van der Waals surface area contributed by atoms with E-state index >= 15 is 0 Å². The lowest BCUT2D eigenvalue weighted by Crippen LogP contribution is -2.28. The van der Waals surface area contributed by atoms with E-state index in [0.29, 0.717) is 0 Å². The zero-order valence-electron chi connectivity index (χ0n) is 4.38. The molecular formula is C4H6NO3. The molecule has 0 bridgehead atoms. The van der Waals surface area contributed by atoms with Crippen molar-refractivity contribution in [1.29, 1.82) is 0 Å². The molecule has 1 atom stereocenters. The minimum atomic E-state index is -0.764. The minimum absolute atomic E-state index is 0.753. The first-order chi connectivity index (χ1) is 3.68. The number of carbonyl (C=O) groups is 1. The predicted octanol–water partition coefficient (Wildman–Crippen LogP) is -1.06. The van der Waals surface area contributed by atoms with Crippen LogP contribution in [0.2, 0.25) is 0 Å². The Kier molecular flexibility index (Phi) is 2.79. The van der Waals surface area contributed by atoms with Gasteiger partial charge in [0.1, 0.15) is 6.04 Å². The maximum Gasteiger partial charge on any atom is 0.425 e. The molecule has 4 nitrogen and oxygen atoms in total. The molecule has 45 valence electrons. The van der Waals surface area contributed by atoms with E-state index in [1.54, 1.807) is 0 Å². The maximum absolute atomic E-state index is 10.1. The van der Waals surface area contributed by atoms with Gasteiger partial charge in [-0.1, -0.05) is 0 Å². The number of ether oxygens (including phenoxy) is 1. The topological polar surface area (TPSA) is 69.4 Å². The SMILES string of the molecule is C[C@@H](N)C(=O)O[C]=O. The summed E-state index contributed by atoms with van der Waals surface area (Å²) in [5.74, 6) is -0.764. The average Bonchev–Trinajstić information content (AvgIpc) is 1.67. The van der Waals surface area contributed by atoms with E-state index in [2.05, 4.69) is 4.74 Å². The van der Waals surface area contributed by atoms with Gasteiger partial charge in [-0.25, -0.2) is 9.59 Å². The Morgan fingerprint density at radius 2 is 2.38 bits per heavy atom. The van der Waals surface area contributed by atoms with Crippen LogP contribution in [0.1, 0.15) is 6.92 Å². The molecule has 0 fully saturated rings. The van der Waals surface area contributed by atoms with Crippen LogP contribution < -0.4 is 5.73 Å². The number of nitrogens with two attached hydrogens (primary N) is 1. The van der Waals surface area contributed by atoms with E-state index in [1.165, 1.54) is 6.92 Å². The zero-order valence-corrected chi connectivity index (χ0v) is 4.38. The molecule has 0 spiro atoms. The average molecular weight is 116 g/mol. The van der Waals surface area contributed by atoms with Gasteiger partial charge in [0.2, 0.25) is 0 Å². The Balaban J connectivity index is 3.48. The van der Waals surface area contributed by atoms with Crippen LogP contribution in [0.4, 0.5) is 0 Å². The van der Waals surface area contributed by atoms with Gasteiger partial charge in [-0.2, -0.15) is 0 Å². The molecule has 8 heavy (non-hydrogen) atoms. The third kappa shape index (κ3) is 2.30.